The fraction of sp³-hybridized carbons (Fsp3) is 0.235. The zero-order valence-electron chi connectivity index (χ0n) is 13.3. The van der Waals surface area contributed by atoms with E-state index < -0.39 is 6.36 Å². The second-order valence-electron chi connectivity index (χ2n) is 5.28. The van der Waals surface area contributed by atoms with Crippen molar-refractivity contribution in [1.82, 2.24) is 0 Å². The van der Waals surface area contributed by atoms with Crippen molar-refractivity contribution in [3.8, 4) is 5.75 Å². The summed E-state index contributed by atoms with van der Waals surface area (Å²) in [4.78, 5) is 4.07. The molecule has 0 aliphatic rings. The molecule has 0 aliphatic carbocycles. The highest BCUT2D eigenvalue weighted by Gasteiger charge is 2.31. The van der Waals surface area contributed by atoms with Crippen molar-refractivity contribution >= 4 is 11.6 Å². The first-order valence-electron chi connectivity index (χ1n) is 7.22. The molecule has 4 nitrogen and oxygen atoms in total. The van der Waals surface area contributed by atoms with Crippen LogP contribution in [-0.4, -0.2) is 12.3 Å². The number of guanidine groups is 1. The average Bonchev–Trinajstić information content (AvgIpc) is 2.48. The molecule has 0 aliphatic heterocycles. The van der Waals surface area contributed by atoms with E-state index >= 15 is 0 Å². The Labute approximate surface area is 138 Å². The van der Waals surface area contributed by atoms with E-state index in [4.69, 9.17) is 5.73 Å². The molecular weight excluding hydrogens is 319 g/mol. The Morgan fingerprint density at radius 1 is 1.12 bits per heavy atom. The van der Waals surface area contributed by atoms with E-state index in [1.165, 1.54) is 18.2 Å². The molecule has 3 N–H and O–H groups in total. The molecule has 2 rings (SSSR count). The van der Waals surface area contributed by atoms with Gasteiger partial charge < -0.3 is 15.8 Å². The van der Waals surface area contributed by atoms with E-state index in [0.29, 0.717) is 5.56 Å². The molecule has 0 bridgehead atoms. The molecule has 0 radical (unpaired) electrons. The summed E-state index contributed by atoms with van der Waals surface area (Å²) >= 11 is 0. The predicted octanol–water partition coefficient (Wildman–Crippen LogP) is 4.13. The van der Waals surface area contributed by atoms with E-state index in [1.54, 1.807) is 6.07 Å². The number of halogens is 3. The quantitative estimate of drug-likeness (QED) is 0.651. The van der Waals surface area contributed by atoms with Gasteiger partial charge in [0.2, 0.25) is 0 Å². The molecule has 0 saturated heterocycles. The summed E-state index contributed by atoms with van der Waals surface area (Å²) in [6.45, 7) is 3.93. The van der Waals surface area contributed by atoms with Gasteiger partial charge in [-0.05, 0) is 43.2 Å². The fourth-order valence-corrected chi connectivity index (χ4v) is 2.04. The van der Waals surface area contributed by atoms with Crippen molar-refractivity contribution in [3.05, 3.63) is 59.2 Å². The molecule has 0 aromatic heterocycles. The summed E-state index contributed by atoms with van der Waals surface area (Å²) in [6.07, 6.45) is -4.75. The molecule has 0 unspecified atom stereocenters. The van der Waals surface area contributed by atoms with Gasteiger partial charge in [0.05, 0.1) is 6.54 Å². The summed E-state index contributed by atoms with van der Waals surface area (Å²) in [5, 5.41) is 2.91. The SMILES string of the molecule is Cc1ccc(NC(N)=NCc2ccccc2OC(F)(F)F)cc1C. The number of anilines is 1. The zero-order chi connectivity index (χ0) is 17.7. The zero-order valence-corrected chi connectivity index (χ0v) is 13.3. The first kappa shape index (κ1) is 17.7. The summed E-state index contributed by atoms with van der Waals surface area (Å²) in [7, 11) is 0. The number of hydrogen-bond acceptors (Lipinski definition) is 2. The standard InChI is InChI=1S/C17H18F3N3O/c1-11-7-8-14(9-12(11)2)23-16(21)22-10-13-5-3-4-6-15(13)24-17(18,19)20/h3-9H,10H2,1-2H3,(H3,21,22,23). The Morgan fingerprint density at radius 3 is 2.50 bits per heavy atom. The van der Waals surface area contributed by atoms with Crippen LogP contribution in [0.2, 0.25) is 0 Å². The van der Waals surface area contributed by atoms with Crippen LogP contribution in [0.15, 0.2) is 47.5 Å². The van der Waals surface area contributed by atoms with Gasteiger partial charge >= 0.3 is 6.36 Å². The lowest BCUT2D eigenvalue weighted by molar-refractivity contribution is -0.274. The number of hydrogen-bond donors (Lipinski definition) is 2. The Morgan fingerprint density at radius 2 is 1.83 bits per heavy atom. The maximum atomic E-state index is 12.4. The van der Waals surface area contributed by atoms with Gasteiger partial charge in [-0.25, -0.2) is 4.99 Å². The predicted molar refractivity (Wildman–Crippen MR) is 88.0 cm³/mol. The van der Waals surface area contributed by atoms with Crippen LogP contribution in [0, 0.1) is 13.8 Å². The maximum Gasteiger partial charge on any atom is 0.573 e. The van der Waals surface area contributed by atoms with Gasteiger partial charge in [0.25, 0.3) is 0 Å². The van der Waals surface area contributed by atoms with Crippen LogP contribution in [-0.2, 0) is 6.54 Å². The lowest BCUT2D eigenvalue weighted by atomic mass is 10.1. The minimum atomic E-state index is -4.75. The summed E-state index contributed by atoms with van der Waals surface area (Å²) in [6, 6.07) is 11.5. The van der Waals surface area contributed by atoms with Crippen LogP contribution in [0.4, 0.5) is 18.9 Å². The van der Waals surface area contributed by atoms with Crippen LogP contribution in [0.1, 0.15) is 16.7 Å². The number of aryl methyl sites for hydroxylation is 2. The van der Waals surface area contributed by atoms with E-state index in [-0.39, 0.29) is 18.3 Å². The smallest absolute Gasteiger partial charge is 0.405 e. The molecule has 0 fully saturated rings. The third-order valence-electron chi connectivity index (χ3n) is 3.40. The summed E-state index contributed by atoms with van der Waals surface area (Å²) in [5.41, 5.74) is 9.09. The van der Waals surface area contributed by atoms with E-state index in [1.807, 2.05) is 32.0 Å². The van der Waals surface area contributed by atoms with E-state index in [2.05, 4.69) is 15.0 Å². The first-order chi connectivity index (χ1) is 11.2. The van der Waals surface area contributed by atoms with Crippen LogP contribution >= 0.6 is 0 Å². The van der Waals surface area contributed by atoms with Crippen molar-refractivity contribution < 1.29 is 17.9 Å². The van der Waals surface area contributed by atoms with Crippen molar-refractivity contribution in [1.29, 1.82) is 0 Å². The van der Waals surface area contributed by atoms with Gasteiger partial charge in [-0.15, -0.1) is 13.2 Å². The van der Waals surface area contributed by atoms with Crippen molar-refractivity contribution in [2.24, 2.45) is 10.7 Å². The monoisotopic (exact) mass is 337 g/mol. The number of nitrogens with two attached hydrogens (primary N) is 1. The van der Waals surface area contributed by atoms with E-state index in [9.17, 15) is 13.2 Å². The van der Waals surface area contributed by atoms with Gasteiger partial charge in [0, 0.05) is 11.3 Å². The molecule has 0 spiro atoms. The lowest BCUT2D eigenvalue weighted by Crippen LogP contribution is -2.23. The third kappa shape index (κ3) is 5.19. The molecule has 0 atom stereocenters. The largest absolute Gasteiger partial charge is 0.573 e. The van der Waals surface area contributed by atoms with Crippen LogP contribution < -0.4 is 15.8 Å². The average molecular weight is 337 g/mol. The Balaban J connectivity index is 2.08. The number of nitrogens with zero attached hydrogens (tertiary/aromatic N) is 1. The number of alkyl halides is 3. The van der Waals surface area contributed by atoms with Gasteiger partial charge in [-0.2, -0.15) is 0 Å². The van der Waals surface area contributed by atoms with E-state index in [0.717, 1.165) is 16.8 Å². The Hall–Kier alpha value is -2.70. The third-order valence-corrected chi connectivity index (χ3v) is 3.40. The second kappa shape index (κ2) is 7.25. The Kier molecular flexibility index (Phi) is 5.33. The fourth-order valence-electron chi connectivity index (χ4n) is 2.04. The number of nitrogens with one attached hydrogen (secondary N) is 1. The number of aliphatic imine (C=N–C) groups is 1. The first-order valence-corrected chi connectivity index (χ1v) is 7.22. The summed E-state index contributed by atoms with van der Waals surface area (Å²) < 4.78 is 41.1. The van der Waals surface area contributed by atoms with Crippen molar-refractivity contribution in [2.45, 2.75) is 26.8 Å². The molecule has 128 valence electrons. The molecule has 24 heavy (non-hydrogen) atoms. The normalized spacial score (nSPS) is 12.1. The lowest BCUT2D eigenvalue weighted by Gasteiger charge is -2.12. The number of para-hydroxylation sites is 1. The van der Waals surface area contributed by atoms with Crippen molar-refractivity contribution in [3.63, 3.8) is 0 Å². The molecule has 7 heteroatoms. The minimum Gasteiger partial charge on any atom is -0.405 e. The molecule has 0 heterocycles. The van der Waals surface area contributed by atoms with Crippen LogP contribution in [0.3, 0.4) is 0 Å². The van der Waals surface area contributed by atoms with Crippen LogP contribution in [0.5, 0.6) is 5.75 Å². The number of rotatable bonds is 4. The number of ether oxygens (including phenoxy) is 1. The van der Waals surface area contributed by atoms with Gasteiger partial charge in [0.15, 0.2) is 5.96 Å². The topological polar surface area (TPSA) is 59.6 Å². The maximum absolute atomic E-state index is 12.4. The number of benzene rings is 2. The molecular formula is C17H18F3N3O. The van der Waals surface area contributed by atoms with Gasteiger partial charge in [0.1, 0.15) is 5.75 Å². The second-order valence-corrected chi connectivity index (χ2v) is 5.28. The molecule has 2 aromatic rings. The highest BCUT2D eigenvalue weighted by atomic mass is 19.4. The van der Waals surface area contributed by atoms with Gasteiger partial charge in [-0.3, -0.25) is 0 Å². The van der Waals surface area contributed by atoms with Gasteiger partial charge in [-0.1, -0.05) is 24.3 Å². The highest BCUT2D eigenvalue weighted by molar-refractivity contribution is 5.92. The molecule has 0 saturated carbocycles. The highest BCUT2D eigenvalue weighted by Crippen LogP contribution is 2.26. The van der Waals surface area contributed by atoms with Crippen molar-refractivity contribution in [2.75, 3.05) is 5.32 Å². The summed E-state index contributed by atoms with van der Waals surface area (Å²) in [5.74, 6) is -0.173. The van der Waals surface area contributed by atoms with Crippen LogP contribution in [0.25, 0.3) is 0 Å². The minimum absolute atomic E-state index is 0.0318. The molecule has 0 amide bonds. The Bertz CT molecular complexity index is 742. The molecule has 2 aromatic carbocycles.